The SMILES string of the molecule is CCOC(=O)C(C)CNc1ccc(C#N)cc1OC. The quantitative estimate of drug-likeness (QED) is 0.795. The van der Waals surface area contributed by atoms with Crippen molar-refractivity contribution >= 4 is 11.7 Å². The lowest BCUT2D eigenvalue weighted by molar-refractivity contribution is -0.146. The standard InChI is InChI=1S/C14H18N2O3/c1-4-19-14(17)10(2)9-16-12-6-5-11(8-15)7-13(12)18-3/h5-7,10,16H,4,9H2,1-3H3. The molecule has 1 unspecified atom stereocenters. The lowest BCUT2D eigenvalue weighted by Gasteiger charge is -2.14. The number of benzene rings is 1. The zero-order chi connectivity index (χ0) is 14.3. The molecule has 5 heteroatoms. The Bertz CT molecular complexity index is 480. The number of nitrogens with zero attached hydrogens (tertiary/aromatic N) is 1. The summed E-state index contributed by atoms with van der Waals surface area (Å²) in [5.41, 5.74) is 1.28. The maximum absolute atomic E-state index is 11.5. The van der Waals surface area contributed by atoms with Crippen LogP contribution in [0.4, 0.5) is 5.69 Å². The number of methoxy groups -OCH3 is 1. The molecule has 0 aliphatic carbocycles. The van der Waals surface area contributed by atoms with Crippen LogP contribution in [0.25, 0.3) is 0 Å². The van der Waals surface area contributed by atoms with Gasteiger partial charge in [-0.1, -0.05) is 6.92 Å². The second kappa shape index (κ2) is 7.27. The first-order chi connectivity index (χ1) is 9.12. The Morgan fingerprint density at radius 2 is 2.26 bits per heavy atom. The van der Waals surface area contributed by atoms with E-state index in [9.17, 15) is 4.79 Å². The fraction of sp³-hybridized carbons (Fsp3) is 0.429. The molecular weight excluding hydrogens is 244 g/mol. The van der Waals surface area contributed by atoms with Crippen molar-refractivity contribution in [3.8, 4) is 11.8 Å². The van der Waals surface area contributed by atoms with Gasteiger partial charge >= 0.3 is 5.97 Å². The molecule has 1 aromatic rings. The van der Waals surface area contributed by atoms with Gasteiger partial charge in [0.25, 0.3) is 0 Å². The minimum absolute atomic E-state index is 0.234. The van der Waals surface area contributed by atoms with Crippen LogP contribution in [-0.2, 0) is 9.53 Å². The molecule has 0 aliphatic heterocycles. The van der Waals surface area contributed by atoms with Gasteiger partial charge in [-0.3, -0.25) is 4.79 Å². The summed E-state index contributed by atoms with van der Waals surface area (Å²) in [5.74, 6) is 0.0954. The smallest absolute Gasteiger partial charge is 0.310 e. The van der Waals surface area contributed by atoms with Gasteiger partial charge in [0.2, 0.25) is 0 Å². The topological polar surface area (TPSA) is 71.3 Å². The number of anilines is 1. The zero-order valence-corrected chi connectivity index (χ0v) is 11.4. The molecular formula is C14H18N2O3. The largest absolute Gasteiger partial charge is 0.495 e. The van der Waals surface area contributed by atoms with Crippen LogP contribution in [0, 0.1) is 17.2 Å². The Morgan fingerprint density at radius 3 is 2.84 bits per heavy atom. The summed E-state index contributed by atoms with van der Waals surface area (Å²) in [4.78, 5) is 11.5. The Hall–Kier alpha value is -2.22. The molecule has 1 aromatic carbocycles. The summed E-state index contributed by atoms with van der Waals surface area (Å²) < 4.78 is 10.1. The summed E-state index contributed by atoms with van der Waals surface area (Å²) in [6.07, 6.45) is 0. The fourth-order valence-corrected chi connectivity index (χ4v) is 1.54. The highest BCUT2D eigenvalue weighted by Crippen LogP contribution is 2.25. The lowest BCUT2D eigenvalue weighted by atomic mass is 10.1. The molecule has 19 heavy (non-hydrogen) atoms. The molecule has 1 N–H and O–H groups in total. The van der Waals surface area contributed by atoms with Gasteiger partial charge in [-0.15, -0.1) is 0 Å². The number of ether oxygens (including phenoxy) is 2. The maximum atomic E-state index is 11.5. The van der Waals surface area contributed by atoms with Crippen molar-refractivity contribution in [2.45, 2.75) is 13.8 Å². The van der Waals surface area contributed by atoms with Crippen LogP contribution < -0.4 is 10.1 Å². The van der Waals surface area contributed by atoms with Crippen molar-refractivity contribution in [1.29, 1.82) is 5.26 Å². The molecule has 0 fully saturated rings. The summed E-state index contributed by atoms with van der Waals surface area (Å²) >= 11 is 0. The van der Waals surface area contributed by atoms with E-state index in [4.69, 9.17) is 14.7 Å². The number of nitrogens with one attached hydrogen (secondary N) is 1. The second-order valence-electron chi connectivity index (χ2n) is 4.06. The Kier molecular flexibility index (Phi) is 5.68. The van der Waals surface area contributed by atoms with E-state index >= 15 is 0 Å². The minimum Gasteiger partial charge on any atom is -0.495 e. The van der Waals surface area contributed by atoms with E-state index in [0.717, 1.165) is 5.69 Å². The number of esters is 1. The highest BCUT2D eigenvalue weighted by Gasteiger charge is 2.14. The molecule has 0 aliphatic rings. The first-order valence-electron chi connectivity index (χ1n) is 6.11. The molecule has 1 rings (SSSR count). The molecule has 0 aromatic heterocycles. The number of rotatable bonds is 6. The highest BCUT2D eigenvalue weighted by molar-refractivity contribution is 5.73. The molecule has 0 saturated heterocycles. The van der Waals surface area contributed by atoms with Crippen molar-refractivity contribution in [2.75, 3.05) is 25.6 Å². The van der Waals surface area contributed by atoms with Gasteiger partial charge in [-0.2, -0.15) is 5.26 Å². The minimum atomic E-state index is -0.250. The lowest BCUT2D eigenvalue weighted by Crippen LogP contribution is -2.22. The van der Waals surface area contributed by atoms with Crippen LogP contribution in [0.5, 0.6) is 5.75 Å². The number of hydrogen-bond donors (Lipinski definition) is 1. The average Bonchev–Trinajstić information content (AvgIpc) is 2.44. The van der Waals surface area contributed by atoms with E-state index in [2.05, 4.69) is 5.32 Å². The fourth-order valence-electron chi connectivity index (χ4n) is 1.54. The van der Waals surface area contributed by atoms with Crippen molar-refractivity contribution in [2.24, 2.45) is 5.92 Å². The van der Waals surface area contributed by atoms with Crippen LogP contribution in [0.15, 0.2) is 18.2 Å². The summed E-state index contributed by atoms with van der Waals surface area (Å²) in [6.45, 7) is 4.40. The van der Waals surface area contributed by atoms with Crippen LogP contribution in [0.3, 0.4) is 0 Å². The summed E-state index contributed by atoms with van der Waals surface area (Å²) in [7, 11) is 1.54. The van der Waals surface area contributed by atoms with E-state index in [1.54, 1.807) is 32.0 Å². The predicted octanol–water partition coefficient (Wildman–Crippen LogP) is 2.18. The van der Waals surface area contributed by atoms with Crippen LogP contribution >= 0.6 is 0 Å². The molecule has 0 bridgehead atoms. The van der Waals surface area contributed by atoms with Gasteiger partial charge < -0.3 is 14.8 Å². The first kappa shape index (κ1) is 14.8. The van der Waals surface area contributed by atoms with Crippen molar-refractivity contribution in [3.63, 3.8) is 0 Å². The number of carbonyl (C=O) groups is 1. The molecule has 1 atom stereocenters. The molecule has 0 saturated carbocycles. The Balaban J connectivity index is 2.67. The van der Waals surface area contributed by atoms with Gasteiger partial charge in [-0.25, -0.2) is 0 Å². The summed E-state index contributed by atoms with van der Waals surface area (Å²) in [6, 6.07) is 7.15. The Labute approximate surface area is 113 Å². The van der Waals surface area contributed by atoms with E-state index in [1.807, 2.05) is 6.07 Å². The van der Waals surface area contributed by atoms with E-state index < -0.39 is 0 Å². The molecule has 0 amide bonds. The van der Waals surface area contributed by atoms with Gasteiger partial charge in [0.15, 0.2) is 0 Å². The number of hydrogen-bond acceptors (Lipinski definition) is 5. The van der Waals surface area contributed by atoms with Gasteiger partial charge in [0.05, 0.1) is 37.0 Å². The molecule has 5 nitrogen and oxygen atoms in total. The van der Waals surface area contributed by atoms with Crippen LogP contribution in [0.2, 0.25) is 0 Å². The van der Waals surface area contributed by atoms with Gasteiger partial charge in [0.1, 0.15) is 5.75 Å². The second-order valence-corrected chi connectivity index (χ2v) is 4.06. The molecule has 102 valence electrons. The van der Waals surface area contributed by atoms with Crippen LogP contribution in [0.1, 0.15) is 19.4 Å². The molecule has 0 radical (unpaired) electrons. The zero-order valence-electron chi connectivity index (χ0n) is 11.4. The van der Waals surface area contributed by atoms with Gasteiger partial charge in [-0.05, 0) is 19.1 Å². The van der Waals surface area contributed by atoms with E-state index in [-0.39, 0.29) is 11.9 Å². The summed E-state index contributed by atoms with van der Waals surface area (Å²) in [5, 5.41) is 11.9. The monoisotopic (exact) mass is 262 g/mol. The van der Waals surface area contributed by atoms with Gasteiger partial charge in [0, 0.05) is 12.6 Å². The predicted molar refractivity (Wildman–Crippen MR) is 72.0 cm³/mol. The molecule has 0 spiro atoms. The first-order valence-corrected chi connectivity index (χ1v) is 6.11. The highest BCUT2D eigenvalue weighted by atomic mass is 16.5. The third-order valence-electron chi connectivity index (χ3n) is 2.62. The maximum Gasteiger partial charge on any atom is 0.310 e. The van der Waals surface area contributed by atoms with E-state index in [0.29, 0.717) is 24.5 Å². The number of carbonyl (C=O) groups excluding carboxylic acids is 1. The van der Waals surface area contributed by atoms with Crippen molar-refractivity contribution in [3.05, 3.63) is 23.8 Å². The third-order valence-corrected chi connectivity index (χ3v) is 2.62. The normalized spacial score (nSPS) is 11.3. The van der Waals surface area contributed by atoms with Crippen molar-refractivity contribution < 1.29 is 14.3 Å². The number of nitriles is 1. The third kappa shape index (κ3) is 4.18. The van der Waals surface area contributed by atoms with Crippen molar-refractivity contribution in [1.82, 2.24) is 0 Å². The Morgan fingerprint density at radius 1 is 1.53 bits per heavy atom. The van der Waals surface area contributed by atoms with E-state index in [1.165, 1.54) is 7.11 Å². The van der Waals surface area contributed by atoms with Crippen LogP contribution in [-0.4, -0.2) is 26.2 Å². The average molecular weight is 262 g/mol. The molecule has 0 heterocycles.